The molecule has 57 heavy (non-hydrogen) atoms. The van der Waals surface area contributed by atoms with Crippen molar-refractivity contribution in [3.8, 4) is 39.1 Å². The molecule has 0 aliphatic heterocycles. The van der Waals surface area contributed by atoms with Crippen LogP contribution in [0, 0.1) is 0 Å². The molecule has 0 aliphatic rings. The predicted octanol–water partition coefficient (Wildman–Crippen LogP) is 15.2. The third-order valence-corrected chi connectivity index (χ3v) is 11.2. The number of aromatic nitrogens is 1. The van der Waals surface area contributed by atoms with Crippen LogP contribution in [0.15, 0.2) is 223 Å². The van der Waals surface area contributed by atoms with Gasteiger partial charge in [-0.25, -0.2) is 0 Å². The predicted molar refractivity (Wildman–Crippen MR) is 239 cm³/mol. The van der Waals surface area contributed by atoms with Crippen LogP contribution in [0.1, 0.15) is 0 Å². The van der Waals surface area contributed by atoms with Crippen molar-refractivity contribution in [2.24, 2.45) is 0 Å². The van der Waals surface area contributed by atoms with Crippen molar-refractivity contribution in [2.45, 2.75) is 0 Å². The van der Waals surface area contributed by atoms with Crippen LogP contribution in [-0.4, -0.2) is 4.57 Å². The van der Waals surface area contributed by atoms with E-state index in [1.807, 2.05) is 0 Å². The zero-order valence-corrected chi connectivity index (χ0v) is 31.1. The minimum absolute atomic E-state index is 0.890. The average Bonchev–Trinajstić information content (AvgIpc) is 3.83. The molecule has 0 spiro atoms. The fourth-order valence-corrected chi connectivity index (χ4v) is 8.58. The van der Waals surface area contributed by atoms with Gasteiger partial charge >= 0.3 is 0 Å². The summed E-state index contributed by atoms with van der Waals surface area (Å²) in [6.45, 7) is 0. The van der Waals surface area contributed by atoms with Crippen LogP contribution in [0.4, 0.5) is 17.1 Å². The SMILES string of the molecule is c1ccc(-c2ccccc2N(c2ccc(-c3cccc4ccccc34)cc2)c2ccc(-c3cccc4c3oc3c5ccccc5n(-c5ccccc5)c43)cc2)cc1. The summed E-state index contributed by atoms with van der Waals surface area (Å²) in [5.74, 6) is 0. The summed E-state index contributed by atoms with van der Waals surface area (Å²) in [6.07, 6.45) is 0. The molecular formula is C54H36N2O. The fourth-order valence-electron chi connectivity index (χ4n) is 8.58. The number of fused-ring (bicyclic) bond motifs is 6. The molecule has 2 heterocycles. The minimum atomic E-state index is 0.890. The van der Waals surface area contributed by atoms with Crippen LogP contribution < -0.4 is 4.90 Å². The Bertz CT molecular complexity index is 3210. The van der Waals surface area contributed by atoms with Gasteiger partial charge in [0.25, 0.3) is 0 Å². The van der Waals surface area contributed by atoms with Gasteiger partial charge in [-0.2, -0.15) is 0 Å². The second-order valence-electron chi connectivity index (χ2n) is 14.5. The topological polar surface area (TPSA) is 21.3 Å². The van der Waals surface area contributed by atoms with Gasteiger partial charge in [0, 0.05) is 39.0 Å². The molecule has 3 heteroatoms. The zero-order chi connectivity index (χ0) is 37.7. The second kappa shape index (κ2) is 13.6. The molecule has 0 fully saturated rings. The van der Waals surface area contributed by atoms with E-state index in [0.29, 0.717) is 0 Å². The van der Waals surface area contributed by atoms with Crippen LogP contribution in [0.2, 0.25) is 0 Å². The van der Waals surface area contributed by atoms with Gasteiger partial charge in [-0.3, -0.25) is 0 Å². The van der Waals surface area contributed by atoms with E-state index in [4.69, 9.17) is 4.42 Å². The van der Waals surface area contributed by atoms with Gasteiger partial charge in [-0.1, -0.05) is 158 Å². The van der Waals surface area contributed by atoms with Gasteiger partial charge in [0.1, 0.15) is 11.1 Å². The third kappa shape index (κ3) is 5.51. The molecule has 2 aromatic heterocycles. The van der Waals surface area contributed by atoms with Gasteiger partial charge < -0.3 is 13.9 Å². The van der Waals surface area contributed by atoms with Gasteiger partial charge in [0.2, 0.25) is 0 Å². The Morgan fingerprint density at radius 3 is 1.65 bits per heavy atom. The van der Waals surface area contributed by atoms with Crippen molar-refractivity contribution >= 4 is 60.8 Å². The summed E-state index contributed by atoms with van der Waals surface area (Å²) >= 11 is 0. The molecule has 0 saturated heterocycles. The highest BCUT2D eigenvalue weighted by Crippen LogP contribution is 2.45. The first-order valence-electron chi connectivity index (χ1n) is 19.4. The van der Waals surface area contributed by atoms with E-state index in [9.17, 15) is 0 Å². The lowest BCUT2D eigenvalue weighted by Crippen LogP contribution is -2.11. The van der Waals surface area contributed by atoms with Crippen molar-refractivity contribution in [3.63, 3.8) is 0 Å². The van der Waals surface area contributed by atoms with E-state index in [2.05, 4.69) is 228 Å². The normalized spacial score (nSPS) is 11.5. The quantitative estimate of drug-likeness (QED) is 0.163. The summed E-state index contributed by atoms with van der Waals surface area (Å²) in [6, 6.07) is 77.9. The highest BCUT2D eigenvalue weighted by atomic mass is 16.3. The van der Waals surface area contributed by atoms with E-state index in [1.54, 1.807) is 0 Å². The Morgan fingerprint density at radius 2 is 0.877 bits per heavy atom. The first kappa shape index (κ1) is 32.8. The molecule has 0 unspecified atom stereocenters. The number of hydrogen-bond acceptors (Lipinski definition) is 2. The summed E-state index contributed by atoms with van der Waals surface area (Å²) in [5.41, 5.74) is 15.3. The maximum absolute atomic E-state index is 6.88. The zero-order valence-electron chi connectivity index (χ0n) is 31.1. The minimum Gasteiger partial charge on any atom is -0.453 e. The molecule has 0 radical (unpaired) electrons. The van der Waals surface area contributed by atoms with Crippen LogP contribution in [0.5, 0.6) is 0 Å². The van der Waals surface area contributed by atoms with Crippen molar-refractivity contribution in [1.82, 2.24) is 4.57 Å². The largest absolute Gasteiger partial charge is 0.453 e. The number of rotatable bonds is 7. The second-order valence-corrected chi connectivity index (χ2v) is 14.5. The monoisotopic (exact) mass is 728 g/mol. The highest BCUT2D eigenvalue weighted by Gasteiger charge is 2.22. The third-order valence-electron chi connectivity index (χ3n) is 11.2. The van der Waals surface area contributed by atoms with Crippen LogP contribution >= 0.6 is 0 Å². The molecule has 0 amide bonds. The average molecular weight is 729 g/mol. The summed E-state index contributed by atoms with van der Waals surface area (Å²) < 4.78 is 9.21. The van der Waals surface area contributed by atoms with Gasteiger partial charge in [0.05, 0.1) is 11.2 Å². The molecule has 0 N–H and O–H groups in total. The van der Waals surface area contributed by atoms with Gasteiger partial charge in [0.15, 0.2) is 5.58 Å². The highest BCUT2D eigenvalue weighted by molar-refractivity contribution is 6.18. The number of hydrogen-bond donors (Lipinski definition) is 0. The van der Waals surface area contributed by atoms with Crippen molar-refractivity contribution in [1.29, 1.82) is 0 Å². The van der Waals surface area contributed by atoms with Crippen molar-refractivity contribution < 1.29 is 4.42 Å². The maximum Gasteiger partial charge on any atom is 0.161 e. The van der Waals surface area contributed by atoms with E-state index in [0.717, 1.165) is 66.8 Å². The maximum atomic E-state index is 6.88. The van der Waals surface area contributed by atoms with E-state index in [-0.39, 0.29) is 0 Å². The van der Waals surface area contributed by atoms with Crippen molar-refractivity contribution in [2.75, 3.05) is 4.90 Å². The number of furan rings is 1. The standard InChI is InChI=1S/C54H36N2O/c1-3-15-38(16-4-1)46-22-9-11-27-50(46)55(42-33-29-39(30-34-42)45-24-13-18-37-17-7-8-21-44(37)45)43-35-31-40(32-36-43)47-25-14-26-49-52-54(57-53(47)49)48-23-10-12-28-51(48)56(52)41-19-5-2-6-20-41/h1-36H. The lowest BCUT2D eigenvalue weighted by Gasteiger charge is -2.28. The van der Waals surface area contributed by atoms with Crippen molar-refractivity contribution in [3.05, 3.63) is 218 Å². The first-order chi connectivity index (χ1) is 28.3. The smallest absolute Gasteiger partial charge is 0.161 e. The fraction of sp³-hybridized carbons (Fsp3) is 0. The number of benzene rings is 9. The molecule has 11 rings (SSSR count). The first-order valence-corrected chi connectivity index (χ1v) is 19.4. The molecule has 0 saturated carbocycles. The molecule has 9 aromatic carbocycles. The molecule has 11 aromatic rings. The van der Waals surface area contributed by atoms with E-state index < -0.39 is 0 Å². The molecular weight excluding hydrogens is 693 g/mol. The lowest BCUT2D eigenvalue weighted by atomic mass is 9.97. The molecule has 0 aliphatic carbocycles. The number of anilines is 3. The summed E-state index contributed by atoms with van der Waals surface area (Å²) in [7, 11) is 0. The van der Waals surface area contributed by atoms with Gasteiger partial charge in [-0.05, 0) is 93.7 Å². The molecule has 0 bridgehead atoms. The molecule has 3 nitrogen and oxygen atoms in total. The lowest BCUT2D eigenvalue weighted by molar-refractivity contribution is 0.674. The Kier molecular flexibility index (Phi) is 7.82. The Labute approximate surface area is 330 Å². The summed E-state index contributed by atoms with van der Waals surface area (Å²) in [4.78, 5) is 2.37. The Hall–Kier alpha value is -7.62. The Morgan fingerprint density at radius 1 is 0.351 bits per heavy atom. The molecule has 268 valence electrons. The van der Waals surface area contributed by atoms with Crippen LogP contribution in [0.3, 0.4) is 0 Å². The van der Waals surface area contributed by atoms with Gasteiger partial charge in [-0.15, -0.1) is 0 Å². The number of nitrogens with zero attached hydrogens (tertiary/aromatic N) is 2. The Balaban J connectivity index is 1.04. The van der Waals surface area contributed by atoms with Crippen LogP contribution in [0.25, 0.3) is 82.8 Å². The van der Waals surface area contributed by atoms with E-state index in [1.165, 1.54) is 33.0 Å². The summed E-state index contributed by atoms with van der Waals surface area (Å²) in [5, 5.41) is 4.69. The van der Waals surface area contributed by atoms with Crippen LogP contribution in [-0.2, 0) is 0 Å². The number of para-hydroxylation sites is 4. The molecule has 0 atom stereocenters. The van der Waals surface area contributed by atoms with E-state index >= 15 is 0 Å².